The predicted octanol–water partition coefficient (Wildman–Crippen LogP) is 1.66. The first kappa shape index (κ1) is 23.7. The van der Waals surface area contributed by atoms with Crippen LogP contribution in [0.3, 0.4) is 0 Å². The van der Waals surface area contributed by atoms with E-state index >= 15 is 0 Å². The standard InChI is InChI=1S/C23H28N8O3S2/c1-22(3-4-22)29-36(32,33)16-9-17(30-8-7-25-15(11-30)13-34-2)18-10-26-19(31(18)12-16)20-27-28-21(35-20)23(14-24)5-6-23/h9-10,12,15,25,29H,3-8,11,13H2,1-2H3/t15-/m1/s1. The van der Waals surface area contributed by atoms with Gasteiger partial charge in [0.25, 0.3) is 0 Å². The molecular weight excluding hydrogens is 500 g/mol. The van der Waals surface area contributed by atoms with Crippen molar-refractivity contribution in [2.75, 3.05) is 38.3 Å². The molecule has 0 unspecified atom stereocenters. The van der Waals surface area contributed by atoms with Crippen LogP contribution in [0.15, 0.2) is 23.4 Å². The summed E-state index contributed by atoms with van der Waals surface area (Å²) in [5.41, 5.74) is 0.649. The van der Waals surface area contributed by atoms with Crippen molar-refractivity contribution in [3.05, 3.63) is 23.5 Å². The molecule has 3 fully saturated rings. The van der Waals surface area contributed by atoms with E-state index in [9.17, 15) is 13.7 Å². The Balaban J connectivity index is 1.46. The van der Waals surface area contributed by atoms with Gasteiger partial charge in [-0.1, -0.05) is 11.3 Å². The van der Waals surface area contributed by atoms with E-state index in [1.807, 2.05) is 6.92 Å². The molecular formula is C23H28N8O3S2. The minimum atomic E-state index is -3.76. The van der Waals surface area contributed by atoms with Crippen LogP contribution in [0.25, 0.3) is 16.3 Å². The molecule has 190 valence electrons. The Morgan fingerprint density at radius 1 is 1.33 bits per heavy atom. The van der Waals surface area contributed by atoms with Gasteiger partial charge in [0.1, 0.15) is 15.3 Å². The molecule has 2 aliphatic carbocycles. The molecule has 11 nitrogen and oxygen atoms in total. The molecule has 0 amide bonds. The molecule has 1 atom stereocenters. The topological polar surface area (TPSA) is 138 Å². The number of piperazine rings is 1. The summed E-state index contributed by atoms with van der Waals surface area (Å²) in [4.78, 5) is 6.99. The highest BCUT2D eigenvalue weighted by molar-refractivity contribution is 7.89. The van der Waals surface area contributed by atoms with Gasteiger partial charge in [-0.15, -0.1) is 10.2 Å². The van der Waals surface area contributed by atoms with Gasteiger partial charge in [-0.25, -0.2) is 18.1 Å². The number of nitrogens with zero attached hydrogens (tertiary/aromatic N) is 6. The molecule has 2 N–H and O–H groups in total. The number of rotatable bonds is 8. The minimum absolute atomic E-state index is 0.126. The fourth-order valence-corrected chi connectivity index (χ4v) is 7.16. The average molecular weight is 529 g/mol. The second-order valence-corrected chi connectivity index (χ2v) is 12.9. The molecule has 1 saturated heterocycles. The Kier molecular flexibility index (Phi) is 5.58. The summed E-state index contributed by atoms with van der Waals surface area (Å²) in [5, 5.41) is 22.9. The lowest BCUT2D eigenvalue weighted by Gasteiger charge is -2.35. The molecule has 1 aliphatic heterocycles. The van der Waals surface area contributed by atoms with Crippen LogP contribution in [0.4, 0.5) is 5.69 Å². The summed E-state index contributed by atoms with van der Waals surface area (Å²) in [6, 6.07) is 4.22. The maximum atomic E-state index is 13.4. The lowest BCUT2D eigenvalue weighted by atomic mass is 10.1. The van der Waals surface area contributed by atoms with E-state index in [2.05, 4.69) is 36.2 Å². The van der Waals surface area contributed by atoms with Crippen LogP contribution in [-0.4, -0.2) is 72.9 Å². The average Bonchev–Trinajstić information content (AvgIpc) is 3.68. The third kappa shape index (κ3) is 4.16. The van der Waals surface area contributed by atoms with Gasteiger partial charge in [-0.05, 0) is 38.7 Å². The lowest BCUT2D eigenvalue weighted by molar-refractivity contribution is 0.163. The molecule has 4 heterocycles. The zero-order valence-electron chi connectivity index (χ0n) is 20.2. The number of hydrogen-bond acceptors (Lipinski definition) is 10. The molecule has 6 rings (SSSR count). The van der Waals surface area contributed by atoms with Crippen LogP contribution in [-0.2, 0) is 20.2 Å². The Morgan fingerprint density at radius 3 is 2.83 bits per heavy atom. The quantitative estimate of drug-likeness (QED) is 0.447. The van der Waals surface area contributed by atoms with Gasteiger partial charge in [-0.3, -0.25) is 4.40 Å². The maximum Gasteiger partial charge on any atom is 0.242 e. The summed E-state index contributed by atoms with van der Waals surface area (Å²) < 4.78 is 36.9. The molecule has 3 aromatic heterocycles. The van der Waals surface area contributed by atoms with Crippen molar-refractivity contribution in [2.24, 2.45) is 0 Å². The first-order valence-electron chi connectivity index (χ1n) is 12.0. The summed E-state index contributed by atoms with van der Waals surface area (Å²) in [7, 11) is -2.09. The summed E-state index contributed by atoms with van der Waals surface area (Å²) in [6.45, 7) is 4.63. The van der Waals surface area contributed by atoms with Crippen LogP contribution in [0.5, 0.6) is 0 Å². The highest BCUT2D eigenvalue weighted by Gasteiger charge is 2.48. The fraction of sp³-hybridized carbons (Fsp3) is 0.565. The summed E-state index contributed by atoms with van der Waals surface area (Å²) in [6.07, 6.45) is 6.57. The molecule has 0 bridgehead atoms. The van der Waals surface area contributed by atoms with Crippen molar-refractivity contribution in [2.45, 2.75) is 54.5 Å². The van der Waals surface area contributed by atoms with Crippen molar-refractivity contribution in [3.8, 4) is 16.9 Å². The number of fused-ring (bicyclic) bond motifs is 1. The van der Waals surface area contributed by atoms with Crippen LogP contribution < -0.4 is 14.9 Å². The van der Waals surface area contributed by atoms with Gasteiger partial charge in [0.05, 0.1) is 30.1 Å². The maximum absolute atomic E-state index is 13.4. The zero-order chi connectivity index (χ0) is 25.1. The fourth-order valence-electron chi connectivity index (χ4n) is 4.65. The molecule has 2 saturated carbocycles. The monoisotopic (exact) mass is 528 g/mol. The van der Waals surface area contributed by atoms with Gasteiger partial charge < -0.3 is 15.0 Å². The second kappa shape index (κ2) is 8.46. The van der Waals surface area contributed by atoms with Crippen LogP contribution in [0.2, 0.25) is 0 Å². The Labute approximate surface area is 213 Å². The van der Waals surface area contributed by atoms with Crippen molar-refractivity contribution < 1.29 is 13.2 Å². The van der Waals surface area contributed by atoms with Crippen LogP contribution >= 0.6 is 11.3 Å². The van der Waals surface area contributed by atoms with E-state index in [0.29, 0.717) is 29.0 Å². The number of imidazole rings is 1. The molecule has 3 aliphatic rings. The van der Waals surface area contributed by atoms with Gasteiger partial charge >= 0.3 is 0 Å². The van der Waals surface area contributed by atoms with Gasteiger partial charge in [-0.2, -0.15) is 5.26 Å². The third-order valence-electron chi connectivity index (χ3n) is 7.24. The number of anilines is 1. The highest BCUT2D eigenvalue weighted by Crippen LogP contribution is 2.49. The molecule has 0 radical (unpaired) electrons. The summed E-state index contributed by atoms with van der Waals surface area (Å²) >= 11 is 1.35. The smallest absolute Gasteiger partial charge is 0.242 e. The molecule has 36 heavy (non-hydrogen) atoms. The highest BCUT2D eigenvalue weighted by atomic mass is 32.2. The largest absolute Gasteiger partial charge is 0.383 e. The minimum Gasteiger partial charge on any atom is -0.383 e. The zero-order valence-corrected chi connectivity index (χ0v) is 21.8. The number of nitriles is 1. The number of sulfonamides is 1. The second-order valence-electron chi connectivity index (χ2n) is 10.2. The first-order valence-corrected chi connectivity index (χ1v) is 14.3. The Bertz CT molecular complexity index is 1460. The molecule has 0 aromatic carbocycles. The SMILES string of the molecule is COC[C@H]1CN(c2cc(S(=O)(=O)NC3(C)CC3)cn3c(-c4nnc(C5(C#N)CC5)s4)ncc23)CCN1. The van der Waals surface area contributed by atoms with Crippen molar-refractivity contribution in [1.82, 2.24) is 29.6 Å². The van der Waals surface area contributed by atoms with E-state index in [1.54, 1.807) is 30.0 Å². The Morgan fingerprint density at radius 2 is 2.14 bits per heavy atom. The van der Waals surface area contributed by atoms with E-state index in [4.69, 9.17) is 4.74 Å². The van der Waals surface area contributed by atoms with Gasteiger partial charge in [0.2, 0.25) is 10.0 Å². The van der Waals surface area contributed by atoms with E-state index in [1.165, 1.54) is 11.3 Å². The van der Waals surface area contributed by atoms with E-state index in [-0.39, 0.29) is 10.9 Å². The van der Waals surface area contributed by atoms with Crippen molar-refractivity contribution in [3.63, 3.8) is 0 Å². The van der Waals surface area contributed by atoms with Crippen molar-refractivity contribution >= 4 is 32.6 Å². The number of methoxy groups -OCH3 is 1. The molecule has 13 heteroatoms. The van der Waals surface area contributed by atoms with Gasteiger partial charge in [0.15, 0.2) is 10.8 Å². The van der Waals surface area contributed by atoms with E-state index < -0.39 is 21.0 Å². The number of pyridine rings is 1. The number of hydrogen-bond donors (Lipinski definition) is 2. The van der Waals surface area contributed by atoms with E-state index in [0.717, 1.165) is 50.0 Å². The number of ether oxygens (including phenoxy) is 1. The van der Waals surface area contributed by atoms with Crippen molar-refractivity contribution in [1.29, 1.82) is 5.26 Å². The number of nitrogens with one attached hydrogen (secondary N) is 2. The number of aromatic nitrogens is 4. The molecule has 3 aromatic rings. The lowest BCUT2D eigenvalue weighted by Crippen LogP contribution is -2.52. The summed E-state index contributed by atoms with van der Waals surface area (Å²) in [5.74, 6) is 0.516. The third-order valence-corrected chi connectivity index (χ3v) is 9.97. The Hall–Kier alpha value is -2.63. The normalized spacial score (nSPS) is 22.5. The first-order chi connectivity index (χ1) is 17.3. The van der Waals surface area contributed by atoms with Gasteiger partial charge in [0, 0.05) is 44.5 Å². The van der Waals surface area contributed by atoms with Crippen LogP contribution in [0.1, 0.15) is 37.6 Å². The predicted molar refractivity (Wildman–Crippen MR) is 134 cm³/mol. The molecule has 0 spiro atoms. The van der Waals surface area contributed by atoms with Crippen LogP contribution in [0, 0.1) is 11.3 Å².